The van der Waals surface area contributed by atoms with Gasteiger partial charge in [-0.3, -0.25) is 4.68 Å². The van der Waals surface area contributed by atoms with Crippen LogP contribution in [0, 0.1) is 24.3 Å². The fourth-order valence-electron chi connectivity index (χ4n) is 1.07. The molecule has 0 aliphatic heterocycles. The molecule has 0 saturated carbocycles. The molecule has 2 rings (SSSR count). The second kappa shape index (κ2) is 5.15. The van der Waals surface area contributed by atoms with Gasteiger partial charge in [0.05, 0.1) is 18.2 Å². The largest absolute Gasteiger partial charge is 0.409 e. The molecule has 2 aromatic heterocycles. The van der Waals surface area contributed by atoms with E-state index in [1.54, 1.807) is 10.9 Å². The van der Waals surface area contributed by atoms with Gasteiger partial charge in [-0.25, -0.2) is 4.37 Å². The van der Waals surface area contributed by atoms with Gasteiger partial charge < -0.3 is 6.07 Å². The fourth-order valence-corrected chi connectivity index (χ4v) is 1.56. The number of aryl methyl sites for hydroxylation is 1. The average Bonchev–Trinajstić information content (AvgIpc) is 2.74. The second-order valence-electron chi connectivity index (χ2n) is 2.77. The summed E-state index contributed by atoms with van der Waals surface area (Å²) >= 11 is 1.39. The van der Waals surface area contributed by atoms with Gasteiger partial charge in [-0.15, -0.1) is 0 Å². The maximum Gasteiger partial charge on any atom is 0.0793 e. The van der Waals surface area contributed by atoms with E-state index in [1.165, 1.54) is 11.5 Å². The Balaban J connectivity index is 0.00000112. The Morgan fingerprint density at radius 2 is 2.47 bits per heavy atom. The van der Waals surface area contributed by atoms with Gasteiger partial charge in [0.25, 0.3) is 0 Å². The standard InChI is InChI=1S/C9H7N4S.Rh/c1-7-6-9(12-14-7)13-5-3-8(11-13)2-4-10;/h3,5H,2H2,1H3;/q-1;. The van der Waals surface area contributed by atoms with Gasteiger partial charge in [-0.2, -0.15) is 15.2 Å². The molecule has 0 N–H and O–H groups in total. The van der Waals surface area contributed by atoms with E-state index < -0.39 is 0 Å². The van der Waals surface area contributed by atoms with Crippen LogP contribution in [0.4, 0.5) is 0 Å². The van der Waals surface area contributed by atoms with E-state index in [1.807, 2.05) is 13.0 Å². The molecule has 0 saturated heterocycles. The predicted molar refractivity (Wildman–Crippen MR) is 52.1 cm³/mol. The average molecular weight is 306 g/mol. The summed E-state index contributed by atoms with van der Waals surface area (Å²) in [6.07, 6.45) is 2.12. The van der Waals surface area contributed by atoms with Crippen LogP contribution in [0.2, 0.25) is 0 Å². The Hall–Kier alpha value is -1.05. The van der Waals surface area contributed by atoms with E-state index in [-0.39, 0.29) is 19.5 Å². The molecule has 0 aromatic carbocycles. The first-order valence-electron chi connectivity index (χ1n) is 4.07. The van der Waals surface area contributed by atoms with Crippen molar-refractivity contribution in [3.8, 4) is 11.9 Å². The van der Waals surface area contributed by atoms with Crippen molar-refractivity contribution in [1.82, 2.24) is 14.2 Å². The Kier molecular flexibility index (Phi) is 4.13. The minimum atomic E-state index is 0. The predicted octanol–water partition coefficient (Wildman–Crippen LogP) is 1.50. The first kappa shape index (κ1) is 12.0. The van der Waals surface area contributed by atoms with Crippen LogP contribution in [0.3, 0.4) is 0 Å². The molecule has 4 nitrogen and oxygen atoms in total. The molecule has 0 atom stereocenters. The van der Waals surface area contributed by atoms with Gasteiger partial charge in [0.1, 0.15) is 0 Å². The zero-order valence-electron chi connectivity index (χ0n) is 7.89. The van der Waals surface area contributed by atoms with Crippen molar-refractivity contribution >= 4 is 11.5 Å². The van der Waals surface area contributed by atoms with Crippen molar-refractivity contribution in [2.24, 2.45) is 0 Å². The summed E-state index contributed by atoms with van der Waals surface area (Å²) in [4.78, 5) is 1.03. The SMILES string of the molecule is Cc1[c-]c(-n2ccc(CC#N)n2)ns1.[Rh]. The first-order chi connectivity index (χ1) is 6.79. The third-order valence-corrected chi connectivity index (χ3v) is 2.32. The van der Waals surface area contributed by atoms with Gasteiger partial charge in [-0.05, 0) is 11.9 Å². The molecule has 0 aliphatic rings. The summed E-state index contributed by atoms with van der Waals surface area (Å²) in [5.74, 6) is 0.691. The molecule has 0 aliphatic carbocycles. The number of hydrogen-bond donors (Lipinski definition) is 0. The summed E-state index contributed by atoms with van der Waals surface area (Å²) in [7, 11) is 0. The Morgan fingerprint density at radius 3 is 3.07 bits per heavy atom. The van der Waals surface area contributed by atoms with Crippen molar-refractivity contribution in [1.29, 1.82) is 5.26 Å². The maximum atomic E-state index is 8.48. The number of nitrogens with zero attached hydrogens (tertiary/aromatic N) is 4. The van der Waals surface area contributed by atoms with Crippen molar-refractivity contribution < 1.29 is 19.5 Å². The van der Waals surface area contributed by atoms with Crippen molar-refractivity contribution in [3.63, 3.8) is 0 Å². The summed E-state index contributed by atoms with van der Waals surface area (Å²) in [5.41, 5.74) is 0.756. The molecule has 1 radical (unpaired) electrons. The summed E-state index contributed by atoms with van der Waals surface area (Å²) in [5, 5.41) is 12.7. The van der Waals surface area contributed by atoms with E-state index in [0.717, 1.165) is 10.6 Å². The summed E-state index contributed by atoms with van der Waals surface area (Å²) in [6.45, 7) is 1.95. The maximum absolute atomic E-state index is 8.48. The van der Waals surface area contributed by atoms with Crippen molar-refractivity contribution in [2.45, 2.75) is 13.3 Å². The van der Waals surface area contributed by atoms with Crippen molar-refractivity contribution in [3.05, 3.63) is 28.9 Å². The van der Waals surface area contributed by atoms with Crippen LogP contribution >= 0.6 is 11.5 Å². The number of rotatable bonds is 2. The van der Waals surface area contributed by atoms with Gasteiger partial charge in [0.15, 0.2) is 0 Å². The van der Waals surface area contributed by atoms with E-state index in [4.69, 9.17) is 5.26 Å². The monoisotopic (exact) mass is 306 g/mol. The molecule has 15 heavy (non-hydrogen) atoms. The molecule has 0 bridgehead atoms. The number of nitriles is 1. The first-order valence-corrected chi connectivity index (χ1v) is 4.84. The van der Waals surface area contributed by atoms with Crippen LogP contribution in [0.1, 0.15) is 10.6 Å². The van der Waals surface area contributed by atoms with Gasteiger partial charge >= 0.3 is 0 Å². The molecule has 0 unspecified atom stereocenters. The zero-order chi connectivity index (χ0) is 9.97. The molecule has 0 amide bonds. The normalized spacial score (nSPS) is 9.33. The van der Waals surface area contributed by atoms with Gasteiger partial charge in [0.2, 0.25) is 0 Å². The van der Waals surface area contributed by atoms with E-state index in [9.17, 15) is 0 Å². The summed E-state index contributed by atoms with van der Waals surface area (Å²) in [6, 6.07) is 6.93. The van der Waals surface area contributed by atoms with Crippen LogP contribution in [-0.2, 0) is 25.9 Å². The molecule has 2 heterocycles. The minimum Gasteiger partial charge on any atom is -0.409 e. The summed E-state index contributed by atoms with van der Waals surface area (Å²) < 4.78 is 5.80. The molecule has 79 valence electrons. The van der Waals surface area contributed by atoms with Crippen LogP contribution < -0.4 is 0 Å². The van der Waals surface area contributed by atoms with E-state index >= 15 is 0 Å². The smallest absolute Gasteiger partial charge is 0.0793 e. The third-order valence-electron chi connectivity index (χ3n) is 1.68. The van der Waals surface area contributed by atoms with Crippen molar-refractivity contribution in [2.75, 3.05) is 0 Å². The third kappa shape index (κ3) is 2.71. The molecule has 6 heteroatoms. The van der Waals surface area contributed by atoms with E-state index in [2.05, 4.69) is 21.6 Å². The van der Waals surface area contributed by atoms with Crippen LogP contribution in [0.5, 0.6) is 0 Å². The number of aromatic nitrogens is 3. The topological polar surface area (TPSA) is 54.5 Å². The van der Waals surface area contributed by atoms with E-state index in [0.29, 0.717) is 12.2 Å². The Labute approximate surface area is 104 Å². The molecule has 0 fully saturated rings. The molecular formula is C9H7N4RhS-. The minimum absolute atomic E-state index is 0. The Bertz CT molecular complexity index is 482. The van der Waals surface area contributed by atoms with Gasteiger partial charge in [0, 0.05) is 25.7 Å². The quantitative estimate of drug-likeness (QED) is 0.624. The molecule has 2 aromatic rings. The van der Waals surface area contributed by atoms with Gasteiger partial charge in [-0.1, -0.05) is 18.5 Å². The van der Waals surface area contributed by atoms with Crippen LogP contribution in [-0.4, -0.2) is 14.2 Å². The number of hydrogen-bond acceptors (Lipinski definition) is 4. The Morgan fingerprint density at radius 1 is 1.67 bits per heavy atom. The van der Waals surface area contributed by atoms with Crippen LogP contribution in [0.25, 0.3) is 5.82 Å². The second-order valence-corrected chi connectivity index (χ2v) is 3.75. The van der Waals surface area contributed by atoms with Crippen LogP contribution in [0.15, 0.2) is 12.3 Å². The molecular weight excluding hydrogens is 299 g/mol. The zero-order valence-corrected chi connectivity index (χ0v) is 10.3. The molecule has 0 spiro atoms. The fraction of sp³-hybridized carbons (Fsp3) is 0.222.